The number of anilines is 2. The number of rotatable bonds is 2. The van der Waals surface area contributed by atoms with Crippen LogP contribution in [0.1, 0.15) is 20.7 Å². The average Bonchev–Trinajstić information content (AvgIpc) is 2.62. The molecule has 1 saturated heterocycles. The molecule has 0 radical (unpaired) electrons. The molecule has 2 aromatic rings. The Morgan fingerprint density at radius 2 is 1.21 bits per heavy atom. The standard InChI is InChI=1S/C18H20N4O2/c19-15-7-3-1-5-13(15)17(23)22(11-9-21-10-12-22)18(24)14-6-2-4-8-16(14)20/h1-8,21H,9-12H2,(H3-,19,20,23,24)/p+1. The summed E-state index contributed by atoms with van der Waals surface area (Å²) in [6, 6.07) is 13.7. The summed E-state index contributed by atoms with van der Waals surface area (Å²) < 4.78 is -0.296. The number of imide groups is 1. The first kappa shape index (κ1) is 16.2. The lowest BCUT2D eigenvalue weighted by Crippen LogP contribution is -2.64. The van der Waals surface area contributed by atoms with Gasteiger partial charge in [0.05, 0.1) is 0 Å². The summed E-state index contributed by atoms with van der Waals surface area (Å²) in [6.45, 7) is 1.91. The molecule has 0 bridgehead atoms. The van der Waals surface area contributed by atoms with Gasteiger partial charge < -0.3 is 16.8 Å². The summed E-state index contributed by atoms with van der Waals surface area (Å²) in [5.41, 5.74) is 13.5. The quantitative estimate of drug-likeness (QED) is 0.438. The third kappa shape index (κ3) is 2.66. The van der Waals surface area contributed by atoms with Crippen LogP contribution in [0.5, 0.6) is 0 Å². The number of hydrogen-bond acceptors (Lipinski definition) is 5. The van der Waals surface area contributed by atoms with Crippen molar-refractivity contribution in [3.8, 4) is 0 Å². The van der Waals surface area contributed by atoms with Crippen molar-refractivity contribution >= 4 is 23.2 Å². The number of quaternary nitrogens is 1. The van der Waals surface area contributed by atoms with Gasteiger partial charge in [0, 0.05) is 24.5 Å². The summed E-state index contributed by atoms with van der Waals surface area (Å²) in [7, 11) is 0. The van der Waals surface area contributed by atoms with Crippen LogP contribution in [0.15, 0.2) is 48.5 Å². The van der Waals surface area contributed by atoms with Gasteiger partial charge in [-0.1, -0.05) is 24.3 Å². The number of nitrogens with zero attached hydrogens (tertiary/aromatic N) is 1. The molecular weight excluding hydrogens is 304 g/mol. The molecule has 1 aliphatic heterocycles. The van der Waals surface area contributed by atoms with Crippen molar-refractivity contribution in [2.24, 2.45) is 0 Å². The van der Waals surface area contributed by atoms with E-state index < -0.39 is 0 Å². The van der Waals surface area contributed by atoms with Gasteiger partial charge in [-0.15, -0.1) is 0 Å². The molecule has 2 amide bonds. The molecule has 0 aliphatic carbocycles. The van der Waals surface area contributed by atoms with Crippen molar-refractivity contribution in [3.05, 3.63) is 59.7 Å². The largest absolute Gasteiger partial charge is 0.398 e. The minimum absolute atomic E-state index is 0.275. The summed E-state index contributed by atoms with van der Waals surface area (Å²) >= 11 is 0. The van der Waals surface area contributed by atoms with Crippen molar-refractivity contribution in [3.63, 3.8) is 0 Å². The van der Waals surface area contributed by atoms with E-state index in [0.29, 0.717) is 48.7 Å². The maximum atomic E-state index is 13.3. The zero-order valence-corrected chi connectivity index (χ0v) is 13.4. The molecule has 5 N–H and O–H groups in total. The second-order valence-corrected chi connectivity index (χ2v) is 5.95. The van der Waals surface area contributed by atoms with Crippen LogP contribution >= 0.6 is 0 Å². The van der Waals surface area contributed by atoms with Crippen molar-refractivity contribution in [2.45, 2.75) is 0 Å². The molecule has 124 valence electrons. The molecule has 0 saturated carbocycles. The molecule has 0 aromatic heterocycles. The Morgan fingerprint density at radius 1 is 0.792 bits per heavy atom. The molecule has 0 unspecified atom stereocenters. The lowest BCUT2D eigenvalue weighted by atomic mass is 10.0. The van der Waals surface area contributed by atoms with Gasteiger partial charge in [-0.05, 0) is 24.3 Å². The molecule has 2 aromatic carbocycles. The zero-order chi connectivity index (χ0) is 17.2. The van der Waals surface area contributed by atoms with Gasteiger partial charge in [0.1, 0.15) is 24.2 Å². The van der Waals surface area contributed by atoms with Gasteiger partial charge >= 0.3 is 11.8 Å². The summed E-state index contributed by atoms with van der Waals surface area (Å²) in [4.78, 5) is 26.5. The van der Waals surface area contributed by atoms with E-state index >= 15 is 0 Å². The summed E-state index contributed by atoms with van der Waals surface area (Å²) in [5, 5.41) is 3.20. The van der Waals surface area contributed by atoms with Gasteiger partial charge in [0.25, 0.3) is 0 Å². The molecule has 6 nitrogen and oxygen atoms in total. The Labute approximate surface area is 140 Å². The number of nitrogens with one attached hydrogen (secondary N) is 1. The van der Waals surface area contributed by atoms with Crippen LogP contribution in [-0.2, 0) is 0 Å². The SMILES string of the molecule is Nc1ccccc1C(=O)[N+]1(C(=O)c2ccccc2N)CCNCC1. The van der Waals surface area contributed by atoms with Gasteiger partial charge in [-0.25, -0.2) is 9.59 Å². The first-order valence-electron chi connectivity index (χ1n) is 7.93. The van der Waals surface area contributed by atoms with Crippen molar-refractivity contribution in [1.29, 1.82) is 0 Å². The number of nitrogen functional groups attached to an aromatic ring is 2. The van der Waals surface area contributed by atoms with Crippen molar-refractivity contribution in [1.82, 2.24) is 5.32 Å². The number of carbonyl (C=O) groups excluding carboxylic acids is 2. The number of carbonyl (C=O) groups is 2. The van der Waals surface area contributed by atoms with E-state index in [1.54, 1.807) is 48.5 Å². The van der Waals surface area contributed by atoms with Gasteiger partial charge in [0.15, 0.2) is 0 Å². The van der Waals surface area contributed by atoms with E-state index in [1.165, 1.54) is 0 Å². The first-order valence-corrected chi connectivity index (χ1v) is 7.93. The number of hydrogen-bond donors (Lipinski definition) is 3. The summed E-state index contributed by atoms with van der Waals surface area (Å²) in [5.74, 6) is -0.550. The van der Waals surface area contributed by atoms with Crippen LogP contribution in [0.3, 0.4) is 0 Å². The lowest BCUT2D eigenvalue weighted by molar-refractivity contribution is -0.768. The second kappa shape index (κ2) is 6.43. The highest BCUT2D eigenvalue weighted by molar-refractivity contribution is 6.06. The molecule has 0 atom stereocenters. The highest BCUT2D eigenvalue weighted by Crippen LogP contribution is 2.26. The predicted octanol–water partition coefficient (Wildman–Crippen LogP) is 1.25. The second-order valence-electron chi connectivity index (χ2n) is 5.95. The molecule has 1 fully saturated rings. The van der Waals surface area contributed by atoms with Crippen LogP contribution in [-0.4, -0.2) is 42.5 Å². The van der Waals surface area contributed by atoms with Crippen molar-refractivity contribution < 1.29 is 14.1 Å². The van der Waals surface area contributed by atoms with E-state index in [1.807, 2.05) is 0 Å². The monoisotopic (exact) mass is 325 g/mol. The molecular formula is C18H21N4O2+. The Balaban J connectivity index is 2.09. The van der Waals surface area contributed by atoms with E-state index in [9.17, 15) is 9.59 Å². The van der Waals surface area contributed by atoms with E-state index in [-0.39, 0.29) is 16.3 Å². The van der Waals surface area contributed by atoms with Crippen LogP contribution in [0.25, 0.3) is 0 Å². The Hall–Kier alpha value is -2.70. The van der Waals surface area contributed by atoms with E-state index in [0.717, 1.165) is 0 Å². The highest BCUT2D eigenvalue weighted by Gasteiger charge is 2.47. The predicted molar refractivity (Wildman–Crippen MR) is 93.2 cm³/mol. The van der Waals surface area contributed by atoms with Gasteiger partial charge in [-0.3, -0.25) is 0 Å². The molecule has 1 heterocycles. The normalized spacial score (nSPS) is 16.5. The fourth-order valence-electron chi connectivity index (χ4n) is 3.12. The molecule has 3 rings (SSSR count). The topological polar surface area (TPSA) is 98.2 Å². The highest BCUT2D eigenvalue weighted by atomic mass is 16.2. The van der Waals surface area contributed by atoms with Crippen molar-refractivity contribution in [2.75, 3.05) is 37.6 Å². The fraction of sp³-hybridized carbons (Fsp3) is 0.222. The van der Waals surface area contributed by atoms with Crippen LogP contribution in [0, 0.1) is 0 Å². The number of nitrogens with two attached hydrogens (primary N) is 2. The number of amides is 2. The maximum absolute atomic E-state index is 13.3. The number of benzene rings is 2. The average molecular weight is 325 g/mol. The minimum atomic E-state index is -0.296. The van der Waals surface area contributed by atoms with Gasteiger partial charge in [-0.2, -0.15) is 4.48 Å². The zero-order valence-electron chi connectivity index (χ0n) is 13.4. The fourth-order valence-corrected chi connectivity index (χ4v) is 3.12. The van der Waals surface area contributed by atoms with Crippen LogP contribution in [0.2, 0.25) is 0 Å². The third-order valence-corrected chi connectivity index (χ3v) is 4.50. The Kier molecular flexibility index (Phi) is 4.33. The van der Waals surface area contributed by atoms with E-state index in [4.69, 9.17) is 11.5 Å². The van der Waals surface area contributed by atoms with E-state index in [2.05, 4.69) is 5.32 Å². The smallest absolute Gasteiger partial charge is 0.355 e. The number of para-hydroxylation sites is 2. The molecule has 6 heteroatoms. The minimum Gasteiger partial charge on any atom is -0.398 e. The van der Waals surface area contributed by atoms with Gasteiger partial charge in [0.2, 0.25) is 0 Å². The molecule has 24 heavy (non-hydrogen) atoms. The Bertz CT molecular complexity index is 723. The maximum Gasteiger partial charge on any atom is 0.355 e. The third-order valence-electron chi connectivity index (χ3n) is 4.50. The lowest BCUT2D eigenvalue weighted by Gasteiger charge is -2.36. The Morgan fingerprint density at radius 3 is 1.62 bits per heavy atom. The molecule has 0 spiro atoms. The van der Waals surface area contributed by atoms with Crippen LogP contribution < -0.4 is 16.8 Å². The van der Waals surface area contributed by atoms with Crippen LogP contribution in [0.4, 0.5) is 11.4 Å². The molecule has 1 aliphatic rings. The first-order chi connectivity index (χ1) is 11.6. The number of piperazine rings is 1. The summed E-state index contributed by atoms with van der Waals surface area (Å²) in [6.07, 6.45) is 0.